The first-order chi connectivity index (χ1) is 10.6. The van der Waals surface area contributed by atoms with Crippen LogP contribution in [0.3, 0.4) is 0 Å². The minimum Gasteiger partial charge on any atom is -0.263 e. The van der Waals surface area contributed by atoms with Crippen molar-refractivity contribution in [2.24, 2.45) is 4.99 Å². The van der Waals surface area contributed by atoms with Gasteiger partial charge in [-0.1, -0.05) is 59.0 Å². The predicted octanol–water partition coefficient (Wildman–Crippen LogP) is 4.61. The molecule has 0 saturated carbocycles. The molecule has 1 aliphatic heterocycles. The molecule has 0 spiro atoms. The summed E-state index contributed by atoms with van der Waals surface area (Å²) in [5, 5.41) is 11.9. The summed E-state index contributed by atoms with van der Waals surface area (Å²) >= 11 is 4.00. The average Bonchev–Trinajstić information content (AvgIpc) is 2.54. The normalized spacial score (nSPS) is 20.2. The molecule has 4 nitrogen and oxygen atoms in total. The van der Waals surface area contributed by atoms with Crippen LogP contribution in [0.15, 0.2) is 53.5 Å². The molecule has 0 aliphatic carbocycles. The van der Waals surface area contributed by atoms with Crippen molar-refractivity contribution in [1.82, 2.24) is 0 Å². The fourth-order valence-electron chi connectivity index (χ4n) is 2.67. The smallest absolute Gasteiger partial charge is 0.263 e. The number of aliphatic imine (C=N–C) groups is 1. The molecule has 0 radical (unpaired) electrons. The van der Waals surface area contributed by atoms with E-state index in [1.807, 2.05) is 30.5 Å². The molecule has 3 rings (SSSR count). The Hall–Kier alpha value is -1.41. The SMILES string of the molecule is CSC1=NC(I)C(c2ccc([N+](=O)[O-])cc2)c2ccccc21. The second-order valence-electron chi connectivity index (χ2n) is 4.92. The van der Waals surface area contributed by atoms with Gasteiger partial charge in [0.25, 0.3) is 5.69 Å². The molecule has 2 aromatic carbocycles. The molecular formula is C16H13IN2O2S. The van der Waals surface area contributed by atoms with Crippen LogP contribution in [0.4, 0.5) is 5.69 Å². The van der Waals surface area contributed by atoms with Gasteiger partial charge in [-0.05, 0) is 17.4 Å². The topological polar surface area (TPSA) is 55.5 Å². The Morgan fingerprint density at radius 2 is 1.86 bits per heavy atom. The Morgan fingerprint density at radius 3 is 2.50 bits per heavy atom. The van der Waals surface area contributed by atoms with Crippen LogP contribution in [-0.2, 0) is 0 Å². The van der Waals surface area contributed by atoms with E-state index in [1.54, 1.807) is 23.9 Å². The Labute approximate surface area is 146 Å². The van der Waals surface area contributed by atoms with Crippen molar-refractivity contribution >= 4 is 45.1 Å². The quantitative estimate of drug-likeness (QED) is 0.233. The number of hydrogen-bond acceptors (Lipinski definition) is 4. The molecule has 0 fully saturated rings. The van der Waals surface area contributed by atoms with Crippen molar-refractivity contribution < 1.29 is 4.92 Å². The summed E-state index contributed by atoms with van der Waals surface area (Å²) in [6.45, 7) is 0. The van der Waals surface area contributed by atoms with Crippen molar-refractivity contribution in [1.29, 1.82) is 0 Å². The van der Waals surface area contributed by atoms with Crippen LogP contribution in [0, 0.1) is 10.1 Å². The molecule has 0 amide bonds. The zero-order chi connectivity index (χ0) is 15.7. The lowest BCUT2D eigenvalue weighted by Gasteiger charge is -2.28. The largest absolute Gasteiger partial charge is 0.269 e. The number of fused-ring (bicyclic) bond motifs is 1. The second kappa shape index (κ2) is 6.37. The zero-order valence-electron chi connectivity index (χ0n) is 11.8. The summed E-state index contributed by atoms with van der Waals surface area (Å²) in [7, 11) is 0. The number of nitro groups is 1. The molecule has 0 saturated heterocycles. The van der Waals surface area contributed by atoms with Gasteiger partial charge in [-0.3, -0.25) is 15.1 Å². The van der Waals surface area contributed by atoms with Gasteiger partial charge >= 0.3 is 0 Å². The molecule has 0 N–H and O–H groups in total. The van der Waals surface area contributed by atoms with Crippen LogP contribution in [0.1, 0.15) is 22.6 Å². The molecule has 6 heteroatoms. The third-order valence-corrected chi connectivity index (χ3v) is 5.41. The zero-order valence-corrected chi connectivity index (χ0v) is 14.7. The van der Waals surface area contributed by atoms with Crippen LogP contribution in [0.5, 0.6) is 0 Å². The van der Waals surface area contributed by atoms with Gasteiger partial charge in [0.15, 0.2) is 0 Å². The first kappa shape index (κ1) is 15.5. The average molecular weight is 424 g/mol. The first-order valence-electron chi connectivity index (χ1n) is 6.71. The number of alkyl halides is 1. The number of halogens is 1. The minimum absolute atomic E-state index is 0.0800. The van der Waals surface area contributed by atoms with Crippen LogP contribution in [0.2, 0.25) is 0 Å². The highest BCUT2D eigenvalue weighted by Crippen LogP contribution is 2.40. The molecular weight excluding hydrogens is 411 g/mol. The van der Waals surface area contributed by atoms with Gasteiger partial charge < -0.3 is 0 Å². The van der Waals surface area contributed by atoms with E-state index in [4.69, 9.17) is 4.99 Å². The van der Waals surface area contributed by atoms with E-state index in [2.05, 4.69) is 34.7 Å². The fraction of sp³-hybridized carbons (Fsp3) is 0.188. The molecule has 0 aromatic heterocycles. The Balaban J connectivity index is 2.07. The third kappa shape index (κ3) is 2.77. The first-order valence-corrected chi connectivity index (χ1v) is 9.18. The standard InChI is InChI=1S/C16H13IN2O2S/c1-22-16-13-5-3-2-4-12(13)14(15(17)18-16)10-6-8-11(9-7-10)19(20)21/h2-9,14-15H,1H3. The molecule has 112 valence electrons. The monoisotopic (exact) mass is 424 g/mol. The Morgan fingerprint density at radius 1 is 1.18 bits per heavy atom. The molecule has 1 heterocycles. The number of nitro benzene ring substituents is 1. The Bertz CT molecular complexity index is 746. The van der Waals surface area contributed by atoms with Gasteiger partial charge in [0.1, 0.15) is 4.05 Å². The highest BCUT2D eigenvalue weighted by molar-refractivity contribution is 14.1. The predicted molar refractivity (Wildman–Crippen MR) is 99.2 cm³/mol. The summed E-state index contributed by atoms with van der Waals surface area (Å²) in [6.07, 6.45) is 2.03. The third-order valence-electron chi connectivity index (χ3n) is 3.70. The van der Waals surface area contributed by atoms with E-state index in [1.165, 1.54) is 5.56 Å². The number of thioether (sulfide) groups is 1. The molecule has 2 unspecified atom stereocenters. The maximum absolute atomic E-state index is 10.8. The lowest BCUT2D eigenvalue weighted by atomic mass is 9.86. The van der Waals surface area contributed by atoms with Crippen molar-refractivity contribution in [2.75, 3.05) is 6.26 Å². The number of hydrogen-bond donors (Lipinski definition) is 0. The molecule has 22 heavy (non-hydrogen) atoms. The Kier molecular flexibility index (Phi) is 4.49. The van der Waals surface area contributed by atoms with E-state index in [-0.39, 0.29) is 20.6 Å². The highest BCUT2D eigenvalue weighted by Gasteiger charge is 2.30. The van der Waals surface area contributed by atoms with E-state index in [0.717, 1.165) is 16.2 Å². The molecule has 1 aliphatic rings. The number of non-ortho nitro benzene ring substituents is 1. The number of nitrogens with zero attached hydrogens (tertiary/aromatic N) is 2. The van der Waals surface area contributed by atoms with Crippen molar-refractivity contribution in [3.63, 3.8) is 0 Å². The number of benzene rings is 2. The number of rotatable bonds is 2. The van der Waals surface area contributed by atoms with Gasteiger partial charge in [-0.2, -0.15) is 0 Å². The van der Waals surface area contributed by atoms with Crippen LogP contribution in [0.25, 0.3) is 0 Å². The minimum atomic E-state index is -0.371. The van der Waals surface area contributed by atoms with Crippen molar-refractivity contribution in [3.05, 3.63) is 75.3 Å². The van der Waals surface area contributed by atoms with E-state index in [9.17, 15) is 10.1 Å². The van der Waals surface area contributed by atoms with E-state index < -0.39 is 0 Å². The summed E-state index contributed by atoms with van der Waals surface area (Å²) in [5.41, 5.74) is 3.56. The lowest BCUT2D eigenvalue weighted by Crippen LogP contribution is -2.21. The van der Waals surface area contributed by atoms with Gasteiger partial charge in [0.2, 0.25) is 0 Å². The summed E-state index contributed by atoms with van der Waals surface area (Å²) in [4.78, 5) is 15.2. The lowest BCUT2D eigenvalue weighted by molar-refractivity contribution is -0.384. The van der Waals surface area contributed by atoms with E-state index in [0.29, 0.717) is 0 Å². The summed E-state index contributed by atoms with van der Waals surface area (Å²) in [5.74, 6) is 0.119. The molecule has 2 aromatic rings. The molecule has 2 atom stereocenters. The maximum Gasteiger partial charge on any atom is 0.269 e. The van der Waals surface area contributed by atoms with Crippen LogP contribution >= 0.6 is 34.4 Å². The van der Waals surface area contributed by atoms with E-state index >= 15 is 0 Å². The summed E-state index contributed by atoms with van der Waals surface area (Å²) in [6, 6.07) is 15.1. The van der Waals surface area contributed by atoms with Crippen LogP contribution < -0.4 is 0 Å². The van der Waals surface area contributed by atoms with Gasteiger partial charge in [0.05, 0.1) is 9.97 Å². The van der Waals surface area contributed by atoms with Crippen LogP contribution in [-0.4, -0.2) is 20.3 Å². The summed E-state index contributed by atoms with van der Waals surface area (Å²) < 4.78 is 0.0800. The van der Waals surface area contributed by atoms with Gasteiger partial charge in [0, 0.05) is 23.6 Å². The maximum atomic E-state index is 10.8. The molecule has 0 bridgehead atoms. The highest BCUT2D eigenvalue weighted by atomic mass is 127. The van der Waals surface area contributed by atoms with Crippen molar-refractivity contribution in [3.8, 4) is 0 Å². The van der Waals surface area contributed by atoms with Gasteiger partial charge in [-0.15, -0.1) is 11.8 Å². The van der Waals surface area contributed by atoms with Crippen molar-refractivity contribution in [2.45, 2.75) is 9.97 Å². The fourth-order valence-corrected chi connectivity index (χ4v) is 4.57. The van der Waals surface area contributed by atoms with Gasteiger partial charge in [-0.25, -0.2) is 0 Å². The second-order valence-corrected chi connectivity index (χ2v) is 7.00.